The van der Waals surface area contributed by atoms with Gasteiger partial charge in [0.15, 0.2) is 0 Å². The molecule has 0 spiro atoms. The van der Waals surface area contributed by atoms with Gasteiger partial charge in [-0.3, -0.25) is 0 Å². The highest BCUT2D eigenvalue weighted by atomic mass is 15.0. The average Bonchev–Trinajstić information content (AvgIpc) is 3.59. The highest BCUT2D eigenvalue weighted by molar-refractivity contribution is 6.19. The number of hydrogen-bond acceptors (Lipinski definition) is 3. The smallest absolute Gasteiger partial charge is 0.0999 e. The van der Waals surface area contributed by atoms with Gasteiger partial charge in [-0.2, -0.15) is 15.8 Å². The molecule has 0 N–H and O–H groups in total. The summed E-state index contributed by atoms with van der Waals surface area (Å²) in [4.78, 5) is 0. The van der Waals surface area contributed by atoms with Crippen LogP contribution >= 0.6 is 0 Å². The Morgan fingerprint density at radius 1 is 0.409 bits per heavy atom. The Morgan fingerprint density at radius 3 is 1.55 bits per heavy atom. The van der Waals surface area contributed by atoms with Gasteiger partial charge < -0.3 is 9.13 Å². The van der Waals surface area contributed by atoms with E-state index in [2.05, 4.69) is 106 Å². The summed E-state index contributed by atoms with van der Waals surface area (Å²) in [5.74, 6) is 0. The van der Waals surface area contributed by atoms with Gasteiger partial charge in [-0.25, -0.2) is 0 Å². The molecule has 0 amide bonds. The molecule has 0 radical (unpaired) electrons. The second-order valence-electron chi connectivity index (χ2n) is 10.8. The van der Waals surface area contributed by atoms with Crippen LogP contribution < -0.4 is 0 Å². The van der Waals surface area contributed by atoms with E-state index in [1.54, 1.807) is 12.1 Å². The predicted octanol–water partition coefficient (Wildman–Crippen LogP) is 9.16. The van der Waals surface area contributed by atoms with E-state index in [1.165, 1.54) is 10.8 Å². The summed E-state index contributed by atoms with van der Waals surface area (Å²) < 4.78 is 4.57. The third-order valence-corrected chi connectivity index (χ3v) is 8.38. The Labute approximate surface area is 252 Å². The number of nitrogens with zero attached hydrogens (tertiary/aromatic N) is 5. The Bertz CT molecular complexity index is 2550. The summed E-state index contributed by atoms with van der Waals surface area (Å²) in [7, 11) is 0. The monoisotopic (exact) mass is 559 g/mol. The summed E-state index contributed by atoms with van der Waals surface area (Å²) in [5, 5.41) is 34.0. The summed E-state index contributed by atoms with van der Waals surface area (Å²) in [6, 6.07) is 49.4. The normalized spacial score (nSPS) is 11.1. The summed E-state index contributed by atoms with van der Waals surface area (Å²) in [6.07, 6.45) is 0. The van der Waals surface area contributed by atoms with Crippen LogP contribution in [0.3, 0.4) is 0 Å². The molecule has 5 heteroatoms. The number of nitriles is 3. The highest BCUT2D eigenvalue weighted by Crippen LogP contribution is 2.40. The van der Waals surface area contributed by atoms with Gasteiger partial charge in [-0.1, -0.05) is 66.7 Å². The number of para-hydroxylation sites is 3. The highest BCUT2D eigenvalue weighted by Gasteiger charge is 2.19. The van der Waals surface area contributed by atoms with Crippen molar-refractivity contribution in [3.05, 3.63) is 144 Å². The van der Waals surface area contributed by atoms with Crippen LogP contribution in [0, 0.1) is 34.0 Å². The minimum absolute atomic E-state index is 0.290. The van der Waals surface area contributed by atoms with E-state index in [9.17, 15) is 15.8 Å². The first-order valence-electron chi connectivity index (χ1n) is 14.2. The van der Waals surface area contributed by atoms with Gasteiger partial charge in [-0.05, 0) is 66.2 Å². The molecule has 0 fully saturated rings. The molecule has 0 saturated carbocycles. The SMILES string of the molecule is N#Cc1cc(C#N)c(-c2cccc(-n3c4ccccc4c4cc5c6ccccc6n(-c6ccccc6)c5cc43)c2)c(C#N)c1. The van der Waals surface area contributed by atoms with Crippen molar-refractivity contribution in [2.24, 2.45) is 0 Å². The zero-order valence-corrected chi connectivity index (χ0v) is 23.4. The number of rotatable bonds is 3. The summed E-state index contributed by atoms with van der Waals surface area (Å²) >= 11 is 0. The van der Waals surface area contributed by atoms with Crippen LogP contribution in [0.25, 0.3) is 66.1 Å². The first-order valence-corrected chi connectivity index (χ1v) is 14.2. The molecule has 8 aromatic rings. The topological polar surface area (TPSA) is 81.2 Å². The Hall–Kier alpha value is -6.61. The molecule has 6 aromatic carbocycles. The third kappa shape index (κ3) is 3.63. The van der Waals surface area contributed by atoms with Crippen LogP contribution in [0.2, 0.25) is 0 Å². The second kappa shape index (κ2) is 9.74. The van der Waals surface area contributed by atoms with Gasteiger partial charge in [0, 0.05) is 38.5 Å². The maximum atomic E-state index is 9.96. The average molecular weight is 560 g/mol. The van der Waals surface area contributed by atoms with E-state index in [-0.39, 0.29) is 0 Å². The van der Waals surface area contributed by atoms with Crippen LogP contribution in [0.1, 0.15) is 16.7 Å². The molecule has 0 unspecified atom stereocenters. The molecule has 0 atom stereocenters. The van der Waals surface area contributed by atoms with Crippen molar-refractivity contribution in [2.45, 2.75) is 0 Å². The standard InChI is InChI=1S/C39H21N5/c40-22-25-17-27(23-41)39(28(18-25)24-42)26-9-8-12-30(19-26)44-36-16-7-5-14-32(36)34-20-33-31-13-4-6-15-35(31)43(37(33)21-38(34)44)29-10-2-1-3-11-29/h1-21H. The Morgan fingerprint density at radius 2 is 0.955 bits per heavy atom. The van der Waals surface area contributed by atoms with Crippen molar-refractivity contribution >= 4 is 43.6 Å². The number of aromatic nitrogens is 2. The lowest BCUT2D eigenvalue weighted by atomic mass is 9.93. The van der Waals surface area contributed by atoms with Crippen molar-refractivity contribution in [2.75, 3.05) is 0 Å². The molecule has 0 saturated heterocycles. The molecule has 2 aromatic heterocycles. The molecule has 0 bridgehead atoms. The van der Waals surface area contributed by atoms with Gasteiger partial charge in [0.1, 0.15) is 0 Å². The van der Waals surface area contributed by atoms with E-state index in [0.717, 1.165) is 49.8 Å². The van der Waals surface area contributed by atoms with Gasteiger partial charge in [0.2, 0.25) is 0 Å². The van der Waals surface area contributed by atoms with Crippen molar-refractivity contribution < 1.29 is 0 Å². The molecule has 44 heavy (non-hydrogen) atoms. The Balaban J connectivity index is 1.46. The third-order valence-electron chi connectivity index (χ3n) is 8.38. The molecule has 0 aliphatic rings. The van der Waals surface area contributed by atoms with Gasteiger partial charge >= 0.3 is 0 Å². The van der Waals surface area contributed by atoms with E-state index in [4.69, 9.17) is 0 Å². The molecule has 202 valence electrons. The predicted molar refractivity (Wildman–Crippen MR) is 175 cm³/mol. The minimum atomic E-state index is 0.290. The fourth-order valence-corrected chi connectivity index (χ4v) is 6.56. The van der Waals surface area contributed by atoms with Crippen LogP contribution in [0.5, 0.6) is 0 Å². The van der Waals surface area contributed by atoms with Gasteiger partial charge in [0.05, 0.1) is 57.0 Å². The molecule has 5 nitrogen and oxygen atoms in total. The molecule has 2 heterocycles. The quantitative estimate of drug-likeness (QED) is 0.216. The van der Waals surface area contributed by atoms with Crippen molar-refractivity contribution in [1.82, 2.24) is 9.13 Å². The zero-order valence-electron chi connectivity index (χ0n) is 23.4. The molecule has 0 aliphatic carbocycles. The van der Waals surface area contributed by atoms with Crippen molar-refractivity contribution in [1.29, 1.82) is 15.8 Å². The van der Waals surface area contributed by atoms with E-state index >= 15 is 0 Å². The molecule has 8 rings (SSSR count). The number of hydrogen-bond donors (Lipinski definition) is 0. The van der Waals surface area contributed by atoms with Gasteiger partial charge in [0.25, 0.3) is 0 Å². The maximum Gasteiger partial charge on any atom is 0.0999 e. The van der Waals surface area contributed by atoms with Crippen LogP contribution in [-0.4, -0.2) is 9.13 Å². The summed E-state index contributed by atoms with van der Waals surface area (Å²) in [5.41, 5.74) is 8.53. The van der Waals surface area contributed by atoms with E-state index in [0.29, 0.717) is 22.3 Å². The molecule has 0 aliphatic heterocycles. The van der Waals surface area contributed by atoms with Gasteiger partial charge in [-0.15, -0.1) is 0 Å². The Kier molecular flexibility index (Phi) is 5.56. The fraction of sp³-hybridized carbons (Fsp3) is 0. The van der Waals surface area contributed by atoms with E-state index < -0.39 is 0 Å². The van der Waals surface area contributed by atoms with Crippen molar-refractivity contribution in [3.8, 4) is 40.7 Å². The molecular weight excluding hydrogens is 538 g/mol. The second-order valence-corrected chi connectivity index (χ2v) is 10.8. The van der Waals surface area contributed by atoms with Crippen LogP contribution in [0.15, 0.2) is 127 Å². The van der Waals surface area contributed by atoms with Crippen molar-refractivity contribution in [3.63, 3.8) is 0 Å². The lowest BCUT2D eigenvalue weighted by Crippen LogP contribution is -1.97. The maximum absolute atomic E-state index is 9.96. The lowest BCUT2D eigenvalue weighted by Gasteiger charge is -2.13. The van der Waals surface area contributed by atoms with Crippen LogP contribution in [0.4, 0.5) is 0 Å². The number of fused-ring (bicyclic) bond motifs is 6. The first-order chi connectivity index (χ1) is 21.7. The lowest BCUT2D eigenvalue weighted by molar-refractivity contribution is 1.16. The van der Waals surface area contributed by atoms with E-state index in [1.807, 2.05) is 36.4 Å². The largest absolute Gasteiger partial charge is 0.309 e. The fourth-order valence-electron chi connectivity index (χ4n) is 6.56. The minimum Gasteiger partial charge on any atom is -0.309 e. The van der Waals surface area contributed by atoms with Crippen LogP contribution in [-0.2, 0) is 0 Å². The summed E-state index contributed by atoms with van der Waals surface area (Å²) in [6.45, 7) is 0. The first kappa shape index (κ1) is 25.1. The molecular formula is C39H21N5. The number of benzene rings is 6. The zero-order chi connectivity index (χ0) is 29.8.